The van der Waals surface area contributed by atoms with Crippen LogP contribution >= 0.6 is 0 Å². The van der Waals surface area contributed by atoms with Crippen LogP contribution < -0.4 is 4.74 Å². The molecule has 0 N–H and O–H groups in total. The van der Waals surface area contributed by atoms with E-state index in [2.05, 4.69) is 6.92 Å². The molecular formula is C19H31NO3. The van der Waals surface area contributed by atoms with Crippen LogP contribution in [0.4, 0.5) is 4.79 Å². The van der Waals surface area contributed by atoms with E-state index in [-0.39, 0.29) is 18.2 Å². The van der Waals surface area contributed by atoms with Crippen LogP contribution in [0.5, 0.6) is 5.75 Å². The molecule has 0 bridgehead atoms. The molecule has 1 aromatic carbocycles. The Labute approximate surface area is 140 Å². The zero-order valence-corrected chi connectivity index (χ0v) is 15.3. The average molecular weight is 321 g/mol. The minimum atomic E-state index is -0.478. The van der Waals surface area contributed by atoms with Crippen LogP contribution in [0.3, 0.4) is 0 Å². The summed E-state index contributed by atoms with van der Waals surface area (Å²) in [7, 11) is 1.81. The Kier molecular flexibility index (Phi) is 7.40. The number of carbonyl (C=O) groups excluding carboxylic acids is 1. The van der Waals surface area contributed by atoms with E-state index in [0.29, 0.717) is 0 Å². The Balaban J connectivity index is 2.64. The molecule has 0 aliphatic carbocycles. The van der Waals surface area contributed by atoms with Gasteiger partial charge in [-0.25, -0.2) is 4.79 Å². The van der Waals surface area contributed by atoms with Gasteiger partial charge in [0, 0.05) is 19.5 Å². The summed E-state index contributed by atoms with van der Waals surface area (Å²) in [5.41, 5.74) is -0.478. The largest absolute Gasteiger partial charge is 0.491 e. The molecule has 0 radical (unpaired) electrons. The topological polar surface area (TPSA) is 38.8 Å². The Morgan fingerprint density at radius 2 is 1.83 bits per heavy atom. The third-order valence-electron chi connectivity index (χ3n) is 3.54. The van der Waals surface area contributed by atoms with E-state index in [4.69, 9.17) is 9.47 Å². The van der Waals surface area contributed by atoms with Gasteiger partial charge in [-0.05, 0) is 46.2 Å². The molecule has 0 spiro atoms. The first-order valence-electron chi connectivity index (χ1n) is 8.40. The molecule has 1 unspecified atom stereocenters. The monoisotopic (exact) mass is 321 g/mol. The second-order valence-electron chi connectivity index (χ2n) is 7.01. The van der Waals surface area contributed by atoms with Gasteiger partial charge in [-0.2, -0.15) is 0 Å². The highest BCUT2D eigenvalue weighted by molar-refractivity contribution is 5.68. The fourth-order valence-corrected chi connectivity index (χ4v) is 2.45. The van der Waals surface area contributed by atoms with Crippen molar-refractivity contribution in [3.05, 3.63) is 30.3 Å². The Morgan fingerprint density at radius 3 is 2.35 bits per heavy atom. The molecule has 0 aliphatic heterocycles. The number of rotatable bonds is 7. The van der Waals surface area contributed by atoms with E-state index in [0.717, 1.165) is 25.0 Å². The van der Waals surface area contributed by atoms with Crippen LogP contribution in [0, 0.1) is 0 Å². The molecule has 0 heterocycles. The van der Waals surface area contributed by atoms with E-state index < -0.39 is 5.60 Å². The maximum absolute atomic E-state index is 12.3. The quantitative estimate of drug-likeness (QED) is 0.718. The number of benzene rings is 1. The number of nitrogens with zero attached hydrogens (tertiary/aromatic N) is 1. The maximum Gasteiger partial charge on any atom is 0.410 e. The number of ether oxygens (including phenoxy) is 2. The maximum atomic E-state index is 12.3. The lowest BCUT2D eigenvalue weighted by molar-refractivity contribution is 0.0173. The van der Waals surface area contributed by atoms with Crippen molar-refractivity contribution in [3.63, 3.8) is 0 Å². The van der Waals surface area contributed by atoms with Gasteiger partial charge in [-0.3, -0.25) is 0 Å². The van der Waals surface area contributed by atoms with E-state index in [1.807, 2.05) is 65.1 Å². The normalized spacial score (nSPS) is 14.0. The number of para-hydroxylation sites is 1. The second-order valence-corrected chi connectivity index (χ2v) is 7.01. The van der Waals surface area contributed by atoms with Crippen LogP contribution in [0.1, 0.15) is 53.9 Å². The molecule has 0 aliphatic rings. The summed E-state index contributed by atoms with van der Waals surface area (Å²) >= 11 is 0. The summed E-state index contributed by atoms with van der Waals surface area (Å²) in [6, 6.07) is 9.88. The molecule has 0 aromatic heterocycles. The van der Waals surface area contributed by atoms with Crippen molar-refractivity contribution in [1.29, 1.82) is 0 Å². The Morgan fingerprint density at radius 1 is 1.22 bits per heavy atom. The SMILES string of the molecule is CCC[C@H](CC(C)Oc1ccccc1)N(C)C(=O)OC(C)(C)C. The first-order chi connectivity index (χ1) is 10.7. The highest BCUT2D eigenvalue weighted by atomic mass is 16.6. The predicted octanol–water partition coefficient (Wildman–Crippen LogP) is 4.88. The van der Waals surface area contributed by atoms with Crippen molar-refractivity contribution in [2.75, 3.05) is 7.05 Å². The number of hydrogen-bond donors (Lipinski definition) is 0. The molecule has 1 rings (SSSR count). The molecule has 2 atom stereocenters. The first kappa shape index (κ1) is 19.3. The lowest BCUT2D eigenvalue weighted by Gasteiger charge is -2.32. The van der Waals surface area contributed by atoms with Crippen LogP contribution in [-0.2, 0) is 4.74 Å². The van der Waals surface area contributed by atoms with Crippen molar-refractivity contribution >= 4 is 6.09 Å². The molecule has 1 aromatic rings. The fourth-order valence-electron chi connectivity index (χ4n) is 2.45. The van der Waals surface area contributed by atoms with Crippen molar-refractivity contribution in [3.8, 4) is 5.75 Å². The highest BCUT2D eigenvalue weighted by Gasteiger charge is 2.26. The van der Waals surface area contributed by atoms with Gasteiger partial charge in [0.2, 0.25) is 0 Å². The predicted molar refractivity (Wildman–Crippen MR) is 93.8 cm³/mol. The third kappa shape index (κ3) is 7.40. The molecule has 0 saturated heterocycles. The van der Waals surface area contributed by atoms with Crippen LogP contribution in [-0.4, -0.2) is 35.8 Å². The lowest BCUT2D eigenvalue weighted by atomic mass is 10.0. The van der Waals surface area contributed by atoms with Gasteiger partial charge in [0.05, 0.1) is 6.10 Å². The minimum absolute atomic E-state index is 0.0267. The van der Waals surface area contributed by atoms with E-state index in [1.54, 1.807) is 4.90 Å². The molecule has 4 nitrogen and oxygen atoms in total. The fraction of sp³-hybridized carbons (Fsp3) is 0.632. The second kappa shape index (κ2) is 8.80. The van der Waals surface area contributed by atoms with E-state index in [1.165, 1.54) is 0 Å². The molecule has 1 amide bonds. The van der Waals surface area contributed by atoms with E-state index in [9.17, 15) is 4.79 Å². The minimum Gasteiger partial charge on any atom is -0.491 e. The molecule has 0 saturated carbocycles. The number of hydrogen-bond acceptors (Lipinski definition) is 3. The standard InChI is InChI=1S/C19H31NO3/c1-7-11-16(20(6)18(21)23-19(3,4)5)14-15(2)22-17-12-9-8-10-13-17/h8-10,12-13,15-16H,7,11,14H2,1-6H3/t15?,16-/m1/s1. The van der Waals surface area contributed by atoms with Gasteiger partial charge in [0.15, 0.2) is 0 Å². The molecule has 4 heteroatoms. The summed E-state index contributed by atoms with van der Waals surface area (Å²) in [5.74, 6) is 0.857. The number of carbonyl (C=O) groups is 1. The van der Waals surface area contributed by atoms with Crippen LogP contribution in [0.2, 0.25) is 0 Å². The van der Waals surface area contributed by atoms with Crippen molar-refractivity contribution in [2.24, 2.45) is 0 Å². The van der Waals surface area contributed by atoms with Gasteiger partial charge in [-0.15, -0.1) is 0 Å². The third-order valence-corrected chi connectivity index (χ3v) is 3.54. The zero-order chi connectivity index (χ0) is 17.5. The van der Waals surface area contributed by atoms with Crippen molar-refractivity contribution in [2.45, 2.75) is 71.6 Å². The zero-order valence-electron chi connectivity index (χ0n) is 15.3. The summed E-state index contributed by atoms with van der Waals surface area (Å²) in [4.78, 5) is 14.0. The van der Waals surface area contributed by atoms with Gasteiger partial charge in [0.25, 0.3) is 0 Å². The van der Waals surface area contributed by atoms with Crippen LogP contribution in [0.25, 0.3) is 0 Å². The summed E-state index contributed by atoms with van der Waals surface area (Å²) < 4.78 is 11.4. The summed E-state index contributed by atoms with van der Waals surface area (Å²) in [6.07, 6.45) is 2.47. The lowest BCUT2D eigenvalue weighted by Crippen LogP contribution is -2.42. The van der Waals surface area contributed by atoms with Crippen molar-refractivity contribution in [1.82, 2.24) is 4.90 Å². The summed E-state index contributed by atoms with van der Waals surface area (Å²) in [5, 5.41) is 0. The van der Waals surface area contributed by atoms with Gasteiger partial charge >= 0.3 is 6.09 Å². The van der Waals surface area contributed by atoms with Gasteiger partial charge < -0.3 is 14.4 Å². The Hall–Kier alpha value is -1.71. The summed E-state index contributed by atoms with van der Waals surface area (Å²) in [6.45, 7) is 9.81. The first-order valence-corrected chi connectivity index (χ1v) is 8.40. The molecule has 0 fully saturated rings. The molecule has 130 valence electrons. The molecule has 23 heavy (non-hydrogen) atoms. The van der Waals surface area contributed by atoms with Crippen molar-refractivity contribution < 1.29 is 14.3 Å². The highest BCUT2D eigenvalue weighted by Crippen LogP contribution is 2.19. The average Bonchev–Trinajstić information content (AvgIpc) is 2.45. The molecular weight excluding hydrogens is 290 g/mol. The number of amides is 1. The van der Waals surface area contributed by atoms with Crippen LogP contribution in [0.15, 0.2) is 30.3 Å². The smallest absolute Gasteiger partial charge is 0.410 e. The van der Waals surface area contributed by atoms with E-state index >= 15 is 0 Å². The van der Waals surface area contributed by atoms with Gasteiger partial charge in [0.1, 0.15) is 11.4 Å². The Bertz CT molecular complexity index is 467. The van der Waals surface area contributed by atoms with Gasteiger partial charge in [-0.1, -0.05) is 31.5 Å².